The number of benzene rings is 1. The standard InChI is InChI=1S/C19H23BrN2O3S/c1-3-25-17-14(20)9-12(11-16(17)24-2)10-15-18(23)22(19(26)21-15)13-7-5-4-6-8-13/h9-11,13H,3-8H2,1-2H3,(H,21,26)/b15-10-. The molecule has 3 rings (SSSR count). The number of halogens is 1. The Morgan fingerprint density at radius 1 is 1.35 bits per heavy atom. The minimum atomic E-state index is -0.0501. The van der Waals surface area contributed by atoms with Gasteiger partial charge in [0, 0.05) is 6.04 Å². The Hall–Kier alpha value is -1.60. The van der Waals surface area contributed by atoms with E-state index in [4.69, 9.17) is 21.7 Å². The Labute approximate surface area is 167 Å². The third-order valence-electron chi connectivity index (χ3n) is 4.70. The second-order valence-electron chi connectivity index (χ2n) is 6.42. The third-order valence-corrected chi connectivity index (χ3v) is 5.59. The Balaban J connectivity index is 1.87. The van der Waals surface area contributed by atoms with E-state index in [9.17, 15) is 4.79 Å². The van der Waals surface area contributed by atoms with Crippen molar-refractivity contribution in [1.29, 1.82) is 0 Å². The Morgan fingerprint density at radius 3 is 2.73 bits per heavy atom. The lowest BCUT2D eigenvalue weighted by Gasteiger charge is -2.29. The molecule has 0 spiro atoms. The van der Waals surface area contributed by atoms with Crippen molar-refractivity contribution >= 4 is 45.2 Å². The van der Waals surface area contributed by atoms with Crippen LogP contribution in [-0.4, -0.2) is 35.7 Å². The number of hydrogen-bond acceptors (Lipinski definition) is 4. The van der Waals surface area contributed by atoms with Crippen LogP contribution in [0.4, 0.5) is 0 Å². The number of amides is 1. The molecule has 26 heavy (non-hydrogen) atoms. The summed E-state index contributed by atoms with van der Waals surface area (Å²) in [5.74, 6) is 1.22. The van der Waals surface area contributed by atoms with Crippen LogP contribution in [0.2, 0.25) is 0 Å². The zero-order chi connectivity index (χ0) is 18.7. The number of nitrogens with zero attached hydrogens (tertiary/aromatic N) is 1. The maximum absolute atomic E-state index is 12.9. The smallest absolute Gasteiger partial charge is 0.276 e. The summed E-state index contributed by atoms with van der Waals surface area (Å²) in [5.41, 5.74) is 1.33. The zero-order valence-electron chi connectivity index (χ0n) is 15.0. The predicted molar refractivity (Wildman–Crippen MR) is 109 cm³/mol. The van der Waals surface area contributed by atoms with E-state index in [1.807, 2.05) is 19.1 Å². The number of hydrogen-bond donors (Lipinski definition) is 1. The molecular weight excluding hydrogens is 416 g/mol. The van der Waals surface area contributed by atoms with Gasteiger partial charge in [0.25, 0.3) is 5.91 Å². The number of methoxy groups -OCH3 is 1. The molecule has 1 saturated carbocycles. The molecule has 5 nitrogen and oxygen atoms in total. The van der Waals surface area contributed by atoms with Crippen molar-refractivity contribution in [3.05, 3.63) is 27.9 Å². The fourth-order valence-electron chi connectivity index (χ4n) is 3.49. The molecule has 0 unspecified atom stereocenters. The second kappa shape index (κ2) is 8.39. The first-order valence-electron chi connectivity index (χ1n) is 8.91. The van der Waals surface area contributed by atoms with E-state index >= 15 is 0 Å². The first-order valence-corrected chi connectivity index (χ1v) is 10.1. The highest BCUT2D eigenvalue weighted by Crippen LogP contribution is 2.37. The van der Waals surface area contributed by atoms with Gasteiger partial charge in [-0.3, -0.25) is 9.69 Å². The van der Waals surface area contributed by atoms with E-state index < -0.39 is 0 Å². The molecule has 1 aromatic carbocycles. The number of carbonyl (C=O) groups excluding carboxylic acids is 1. The Morgan fingerprint density at radius 2 is 2.08 bits per heavy atom. The van der Waals surface area contributed by atoms with E-state index in [0.717, 1.165) is 35.7 Å². The monoisotopic (exact) mass is 438 g/mol. The van der Waals surface area contributed by atoms with Gasteiger partial charge in [-0.15, -0.1) is 0 Å². The van der Waals surface area contributed by atoms with Crippen LogP contribution in [0, 0.1) is 0 Å². The maximum Gasteiger partial charge on any atom is 0.276 e. The van der Waals surface area contributed by atoms with Crippen molar-refractivity contribution in [3.63, 3.8) is 0 Å². The van der Waals surface area contributed by atoms with Gasteiger partial charge in [0.1, 0.15) is 5.70 Å². The fourth-order valence-corrected chi connectivity index (χ4v) is 4.41. The van der Waals surface area contributed by atoms with Crippen LogP contribution in [0.25, 0.3) is 6.08 Å². The van der Waals surface area contributed by atoms with Gasteiger partial charge >= 0.3 is 0 Å². The van der Waals surface area contributed by atoms with Crippen LogP contribution in [0.5, 0.6) is 11.5 Å². The molecule has 0 radical (unpaired) electrons. The van der Waals surface area contributed by atoms with E-state index in [0.29, 0.717) is 28.9 Å². The third kappa shape index (κ3) is 3.88. The molecule has 7 heteroatoms. The molecule has 1 heterocycles. The van der Waals surface area contributed by atoms with Gasteiger partial charge < -0.3 is 14.8 Å². The van der Waals surface area contributed by atoms with Crippen molar-refractivity contribution in [2.24, 2.45) is 0 Å². The molecule has 0 atom stereocenters. The van der Waals surface area contributed by atoms with Crippen molar-refractivity contribution in [2.75, 3.05) is 13.7 Å². The molecule has 1 aliphatic heterocycles. The predicted octanol–water partition coefficient (Wildman–Crippen LogP) is 4.25. The second-order valence-corrected chi connectivity index (χ2v) is 7.66. The van der Waals surface area contributed by atoms with Gasteiger partial charge in [-0.05, 0) is 71.7 Å². The summed E-state index contributed by atoms with van der Waals surface area (Å²) >= 11 is 8.94. The van der Waals surface area contributed by atoms with Crippen LogP contribution in [0.15, 0.2) is 22.3 Å². The highest BCUT2D eigenvalue weighted by Gasteiger charge is 2.36. The summed E-state index contributed by atoms with van der Waals surface area (Å²) < 4.78 is 11.8. The van der Waals surface area contributed by atoms with Crippen LogP contribution in [0.3, 0.4) is 0 Å². The van der Waals surface area contributed by atoms with Crippen molar-refractivity contribution in [3.8, 4) is 11.5 Å². The lowest BCUT2D eigenvalue weighted by Crippen LogP contribution is -2.41. The van der Waals surface area contributed by atoms with Crippen LogP contribution >= 0.6 is 28.1 Å². The van der Waals surface area contributed by atoms with Gasteiger partial charge in [-0.25, -0.2) is 0 Å². The van der Waals surface area contributed by atoms with E-state index in [2.05, 4.69) is 21.2 Å². The minimum absolute atomic E-state index is 0.0501. The highest BCUT2D eigenvalue weighted by molar-refractivity contribution is 9.10. The molecular formula is C19H23BrN2O3S. The molecule has 1 aliphatic carbocycles. The topological polar surface area (TPSA) is 50.8 Å². The molecule has 2 aliphatic rings. The SMILES string of the molecule is CCOc1c(Br)cc(/C=C2\NC(=S)N(C3CCCCC3)C2=O)cc1OC. The van der Waals surface area contributed by atoms with Crippen molar-refractivity contribution in [1.82, 2.24) is 10.2 Å². The Bertz CT molecular complexity index is 745. The first kappa shape index (κ1) is 19.2. The molecule has 1 aromatic rings. The van der Waals surface area contributed by atoms with Gasteiger partial charge in [0.15, 0.2) is 16.6 Å². The van der Waals surface area contributed by atoms with E-state index in [1.54, 1.807) is 18.1 Å². The average Bonchev–Trinajstić information content (AvgIpc) is 2.91. The maximum atomic E-state index is 12.9. The number of nitrogens with one attached hydrogen (secondary N) is 1. The fraction of sp³-hybridized carbons (Fsp3) is 0.474. The van der Waals surface area contributed by atoms with Crippen LogP contribution in [0.1, 0.15) is 44.6 Å². The van der Waals surface area contributed by atoms with Crippen LogP contribution < -0.4 is 14.8 Å². The van der Waals surface area contributed by atoms with Crippen molar-refractivity contribution < 1.29 is 14.3 Å². The van der Waals surface area contributed by atoms with Crippen molar-refractivity contribution in [2.45, 2.75) is 45.1 Å². The number of rotatable bonds is 5. The molecule has 1 saturated heterocycles. The number of ether oxygens (including phenoxy) is 2. The van der Waals surface area contributed by atoms with E-state index in [-0.39, 0.29) is 11.9 Å². The zero-order valence-corrected chi connectivity index (χ0v) is 17.4. The molecule has 2 fully saturated rings. The quantitative estimate of drug-likeness (QED) is 0.549. The average molecular weight is 439 g/mol. The number of carbonyl (C=O) groups is 1. The van der Waals surface area contributed by atoms with Gasteiger partial charge in [-0.1, -0.05) is 19.3 Å². The number of thiocarbonyl (C=S) groups is 1. The summed E-state index contributed by atoms with van der Waals surface area (Å²) in [6, 6.07) is 3.97. The normalized spacial score (nSPS) is 19.8. The lowest BCUT2D eigenvalue weighted by atomic mass is 9.94. The summed E-state index contributed by atoms with van der Waals surface area (Å²) in [6.45, 7) is 2.46. The minimum Gasteiger partial charge on any atom is -0.493 e. The Kier molecular flexibility index (Phi) is 6.19. The molecule has 1 amide bonds. The molecule has 1 N–H and O–H groups in total. The largest absolute Gasteiger partial charge is 0.493 e. The van der Waals surface area contributed by atoms with Gasteiger partial charge in [-0.2, -0.15) is 0 Å². The van der Waals surface area contributed by atoms with E-state index in [1.165, 1.54) is 6.42 Å². The lowest BCUT2D eigenvalue weighted by molar-refractivity contribution is -0.124. The van der Waals surface area contributed by atoms with Gasteiger partial charge in [0.05, 0.1) is 18.2 Å². The highest BCUT2D eigenvalue weighted by atomic mass is 79.9. The first-order chi connectivity index (χ1) is 12.5. The molecule has 0 bridgehead atoms. The van der Waals surface area contributed by atoms with Gasteiger partial charge in [0.2, 0.25) is 0 Å². The molecule has 140 valence electrons. The summed E-state index contributed by atoms with van der Waals surface area (Å²) in [7, 11) is 1.60. The summed E-state index contributed by atoms with van der Waals surface area (Å²) in [5, 5.41) is 3.58. The summed E-state index contributed by atoms with van der Waals surface area (Å²) in [4.78, 5) is 14.6. The summed E-state index contributed by atoms with van der Waals surface area (Å²) in [6.07, 6.45) is 7.38. The molecule has 0 aromatic heterocycles. The van der Waals surface area contributed by atoms with Crippen LogP contribution in [-0.2, 0) is 4.79 Å².